The van der Waals surface area contributed by atoms with Crippen LogP contribution in [-0.2, 0) is 16.4 Å². The Morgan fingerprint density at radius 1 is 1.32 bits per heavy atom. The maximum absolute atomic E-state index is 13.4. The minimum atomic E-state index is -3.81. The van der Waals surface area contributed by atoms with Gasteiger partial charge in [0.15, 0.2) is 11.4 Å². The number of aryl methyl sites for hydroxylation is 1. The molecule has 1 aliphatic heterocycles. The van der Waals surface area contributed by atoms with Gasteiger partial charge in [0.05, 0.1) is 24.4 Å². The van der Waals surface area contributed by atoms with Crippen LogP contribution in [0.4, 0.5) is 5.69 Å². The van der Waals surface area contributed by atoms with Gasteiger partial charge in [-0.05, 0) is 36.2 Å². The van der Waals surface area contributed by atoms with Crippen LogP contribution in [0.25, 0.3) is 11.1 Å². The zero-order chi connectivity index (χ0) is 22.2. The Morgan fingerprint density at radius 3 is 2.81 bits per heavy atom. The van der Waals surface area contributed by atoms with Crippen LogP contribution in [-0.4, -0.2) is 33.7 Å². The molecule has 0 fully saturated rings. The molecule has 31 heavy (non-hydrogen) atoms. The highest BCUT2D eigenvalue weighted by Crippen LogP contribution is 2.41. The van der Waals surface area contributed by atoms with E-state index in [9.17, 15) is 8.42 Å². The molecule has 0 atom stereocenters. The molecule has 10 heteroatoms. The number of hydrogen-bond donors (Lipinski definition) is 0. The van der Waals surface area contributed by atoms with Gasteiger partial charge in [0.2, 0.25) is 0 Å². The minimum absolute atomic E-state index is 0.179. The summed E-state index contributed by atoms with van der Waals surface area (Å²) in [5, 5.41) is 9.61. The molecule has 0 amide bonds. The number of hydrogen-bond acceptors (Lipinski definition) is 7. The van der Waals surface area contributed by atoms with E-state index in [1.54, 1.807) is 24.4 Å². The summed E-state index contributed by atoms with van der Waals surface area (Å²) in [7, 11) is -2.34. The lowest BCUT2D eigenvalue weighted by Gasteiger charge is -2.30. The van der Waals surface area contributed by atoms with E-state index in [0.717, 1.165) is 10.4 Å². The number of sulfonamides is 1. The number of rotatable bonds is 5. The number of benzene rings is 1. The van der Waals surface area contributed by atoms with E-state index < -0.39 is 10.0 Å². The van der Waals surface area contributed by atoms with Crippen molar-refractivity contribution in [2.75, 3.05) is 24.6 Å². The molecule has 0 spiro atoms. The zero-order valence-electron chi connectivity index (χ0n) is 16.8. The second-order valence-electron chi connectivity index (χ2n) is 6.68. The highest BCUT2D eigenvalue weighted by atomic mass is 35.5. The standard InChI is InChI=1S/C21H18ClN3O4S2/c1-3-20-15(22)10-21(30-20)31(26,27)25-6-7-29-18-5-4-13(8-17(18)25)14-9-19(28-2)16(11-23)24-12-14/h4-5,8-10,12H,3,6-7H2,1-2H3. The van der Waals surface area contributed by atoms with Crippen molar-refractivity contribution in [3.63, 3.8) is 0 Å². The molecular weight excluding hydrogens is 458 g/mol. The number of anilines is 1. The maximum Gasteiger partial charge on any atom is 0.274 e. The smallest absolute Gasteiger partial charge is 0.274 e. The fourth-order valence-electron chi connectivity index (χ4n) is 3.32. The fraction of sp³-hybridized carbons (Fsp3) is 0.238. The van der Waals surface area contributed by atoms with Crippen molar-refractivity contribution in [1.82, 2.24) is 4.98 Å². The first-order valence-electron chi connectivity index (χ1n) is 9.41. The van der Waals surface area contributed by atoms with Crippen molar-refractivity contribution in [2.45, 2.75) is 17.6 Å². The Bertz CT molecular complexity index is 1300. The summed E-state index contributed by atoms with van der Waals surface area (Å²) >= 11 is 7.39. The fourth-order valence-corrected chi connectivity index (χ4v) is 6.73. The third-order valence-corrected chi connectivity index (χ3v) is 8.88. The second-order valence-corrected chi connectivity index (χ2v) is 10.3. The molecule has 160 valence electrons. The van der Waals surface area contributed by atoms with Gasteiger partial charge in [-0.1, -0.05) is 24.6 Å². The van der Waals surface area contributed by atoms with Gasteiger partial charge in [-0.25, -0.2) is 13.4 Å². The van der Waals surface area contributed by atoms with Crippen LogP contribution in [0.5, 0.6) is 11.5 Å². The molecule has 0 unspecified atom stereocenters. The Kier molecular flexibility index (Phi) is 5.79. The van der Waals surface area contributed by atoms with Crippen molar-refractivity contribution in [1.29, 1.82) is 5.26 Å². The molecular formula is C21H18ClN3O4S2. The summed E-state index contributed by atoms with van der Waals surface area (Å²) in [6.45, 7) is 2.37. The molecule has 1 aliphatic rings. The van der Waals surface area contributed by atoms with Crippen molar-refractivity contribution < 1.29 is 17.9 Å². The van der Waals surface area contributed by atoms with Gasteiger partial charge in [-0.15, -0.1) is 11.3 Å². The third kappa shape index (κ3) is 3.82. The van der Waals surface area contributed by atoms with E-state index in [-0.39, 0.29) is 23.1 Å². The largest absolute Gasteiger partial charge is 0.494 e. The molecule has 0 saturated carbocycles. The number of ether oxygens (including phenoxy) is 2. The van der Waals surface area contributed by atoms with Crippen LogP contribution in [0.2, 0.25) is 5.02 Å². The second kappa shape index (κ2) is 8.38. The molecule has 0 N–H and O–H groups in total. The van der Waals surface area contributed by atoms with E-state index in [0.29, 0.717) is 34.2 Å². The first kappa shape index (κ1) is 21.4. The van der Waals surface area contributed by atoms with Gasteiger partial charge >= 0.3 is 0 Å². The summed E-state index contributed by atoms with van der Waals surface area (Å²) in [6.07, 6.45) is 2.22. The van der Waals surface area contributed by atoms with Crippen molar-refractivity contribution in [2.24, 2.45) is 0 Å². The highest BCUT2D eigenvalue weighted by molar-refractivity contribution is 7.94. The topological polar surface area (TPSA) is 92.5 Å². The average Bonchev–Trinajstić information content (AvgIpc) is 3.19. The SMILES string of the molecule is CCc1sc(S(=O)(=O)N2CCOc3ccc(-c4cnc(C#N)c(OC)c4)cc32)cc1Cl. The molecule has 0 aliphatic carbocycles. The Labute approximate surface area is 189 Å². The molecule has 2 aromatic heterocycles. The van der Waals surface area contributed by atoms with E-state index in [1.165, 1.54) is 28.8 Å². The summed E-state index contributed by atoms with van der Waals surface area (Å²) in [5.41, 5.74) is 2.03. The minimum Gasteiger partial charge on any atom is -0.494 e. The molecule has 3 aromatic rings. The molecule has 0 bridgehead atoms. The van der Waals surface area contributed by atoms with Crippen molar-refractivity contribution in [3.8, 4) is 28.7 Å². The predicted molar refractivity (Wildman–Crippen MR) is 120 cm³/mol. The third-order valence-electron chi connectivity index (χ3n) is 4.89. The number of halogens is 1. The average molecular weight is 476 g/mol. The van der Waals surface area contributed by atoms with Gasteiger partial charge in [0, 0.05) is 16.6 Å². The van der Waals surface area contributed by atoms with Crippen LogP contribution < -0.4 is 13.8 Å². The summed E-state index contributed by atoms with van der Waals surface area (Å²) < 4.78 is 39.3. The monoisotopic (exact) mass is 475 g/mol. The number of thiophene rings is 1. The van der Waals surface area contributed by atoms with Crippen LogP contribution in [0.15, 0.2) is 40.7 Å². The summed E-state index contributed by atoms with van der Waals surface area (Å²) in [5.74, 6) is 0.823. The molecule has 0 saturated heterocycles. The Morgan fingerprint density at radius 2 is 2.13 bits per heavy atom. The quantitative estimate of drug-likeness (QED) is 0.539. The Balaban J connectivity index is 1.79. The summed E-state index contributed by atoms with van der Waals surface area (Å²) in [4.78, 5) is 4.96. The normalized spacial score (nSPS) is 13.3. The lowest BCUT2D eigenvalue weighted by Crippen LogP contribution is -2.37. The van der Waals surface area contributed by atoms with Crippen LogP contribution >= 0.6 is 22.9 Å². The van der Waals surface area contributed by atoms with Gasteiger partial charge in [-0.2, -0.15) is 5.26 Å². The number of aromatic nitrogens is 1. The van der Waals surface area contributed by atoms with Gasteiger partial charge < -0.3 is 9.47 Å². The van der Waals surface area contributed by atoms with Crippen molar-refractivity contribution >= 4 is 38.6 Å². The Hall–Kier alpha value is -2.80. The van der Waals surface area contributed by atoms with Gasteiger partial charge in [0.25, 0.3) is 10.0 Å². The van der Waals surface area contributed by atoms with E-state index in [2.05, 4.69) is 4.98 Å². The summed E-state index contributed by atoms with van der Waals surface area (Å²) in [6, 6.07) is 10.5. The van der Waals surface area contributed by atoms with E-state index >= 15 is 0 Å². The van der Waals surface area contributed by atoms with E-state index in [4.69, 9.17) is 26.3 Å². The van der Waals surface area contributed by atoms with Crippen LogP contribution in [0.3, 0.4) is 0 Å². The van der Waals surface area contributed by atoms with Gasteiger partial charge in [-0.3, -0.25) is 4.31 Å². The number of nitrogens with zero attached hydrogens (tertiary/aromatic N) is 3. The van der Waals surface area contributed by atoms with E-state index in [1.807, 2.05) is 19.1 Å². The maximum atomic E-state index is 13.4. The first-order valence-corrected chi connectivity index (χ1v) is 12.0. The predicted octanol–water partition coefficient (Wildman–Crippen LogP) is 4.49. The van der Waals surface area contributed by atoms with Crippen molar-refractivity contribution in [3.05, 3.63) is 52.1 Å². The molecule has 7 nitrogen and oxygen atoms in total. The number of nitriles is 1. The lowest BCUT2D eigenvalue weighted by molar-refractivity contribution is 0.316. The lowest BCUT2D eigenvalue weighted by atomic mass is 10.1. The molecule has 4 rings (SSSR count). The molecule has 1 aromatic carbocycles. The van der Waals surface area contributed by atoms with Crippen LogP contribution in [0, 0.1) is 11.3 Å². The number of fused-ring (bicyclic) bond motifs is 1. The zero-order valence-corrected chi connectivity index (χ0v) is 19.1. The number of pyridine rings is 1. The molecule has 0 radical (unpaired) electrons. The number of methoxy groups -OCH3 is 1. The molecule has 3 heterocycles. The first-order chi connectivity index (χ1) is 14.9. The highest BCUT2D eigenvalue weighted by Gasteiger charge is 2.32. The van der Waals surface area contributed by atoms with Crippen LogP contribution in [0.1, 0.15) is 17.5 Å². The van der Waals surface area contributed by atoms with Gasteiger partial charge in [0.1, 0.15) is 22.6 Å².